The lowest BCUT2D eigenvalue weighted by Crippen LogP contribution is -2.29. The molecule has 2 N–H and O–H groups in total. The molecule has 5 heteroatoms. The van der Waals surface area contributed by atoms with Gasteiger partial charge in [0.1, 0.15) is 0 Å². The zero-order valence-corrected chi connectivity index (χ0v) is 7.37. The van der Waals surface area contributed by atoms with E-state index in [-0.39, 0.29) is 0 Å². The molecule has 0 fully saturated rings. The molecule has 0 aliphatic rings. The van der Waals surface area contributed by atoms with Gasteiger partial charge in [0, 0.05) is 12.1 Å². The molecule has 0 heterocycles. The van der Waals surface area contributed by atoms with E-state index in [0.29, 0.717) is 12.1 Å². The van der Waals surface area contributed by atoms with Crippen molar-refractivity contribution in [1.82, 2.24) is 5.32 Å². The molecule has 0 aromatic rings. The van der Waals surface area contributed by atoms with Gasteiger partial charge in [0.2, 0.25) is 0 Å². The Morgan fingerprint density at radius 2 is 1.45 bits per heavy atom. The van der Waals surface area contributed by atoms with Gasteiger partial charge in [-0.1, -0.05) is 27.7 Å². The van der Waals surface area contributed by atoms with Crippen LogP contribution in [0.15, 0.2) is 0 Å². The zero-order chi connectivity index (χ0) is 9.44. The van der Waals surface area contributed by atoms with Crippen LogP contribution in [0.2, 0.25) is 0 Å². The molecule has 0 spiro atoms. The van der Waals surface area contributed by atoms with Crippen molar-refractivity contribution in [2.24, 2.45) is 0 Å². The predicted molar refractivity (Wildman–Crippen MR) is 42.2 cm³/mol. The third kappa shape index (κ3) is 47.0. The standard InChI is InChI=1S/C6H15N.HNO3/c1-5(2)7-6(3)4;2-1(3)4/h5-7H,1-4H3;(H,2,3,4). The normalized spacial score (nSPS) is 9.27. The molecule has 68 valence electrons. The Kier molecular flexibility index (Phi) is 8.46. The maximum absolute atomic E-state index is 8.36. The van der Waals surface area contributed by atoms with Crippen molar-refractivity contribution in [3.05, 3.63) is 10.1 Å². The molecule has 0 atom stereocenters. The smallest absolute Gasteiger partial charge is 0.291 e. The molecular weight excluding hydrogens is 148 g/mol. The van der Waals surface area contributed by atoms with E-state index in [1.54, 1.807) is 0 Å². The second-order valence-corrected chi connectivity index (χ2v) is 2.71. The fraction of sp³-hybridized carbons (Fsp3) is 1.00. The van der Waals surface area contributed by atoms with Crippen LogP contribution in [0, 0.1) is 10.1 Å². The molecule has 11 heavy (non-hydrogen) atoms. The van der Waals surface area contributed by atoms with Gasteiger partial charge < -0.3 is 10.5 Å². The van der Waals surface area contributed by atoms with Crippen molar-refractivity contribution >= 4 is 0 Å². The number of hydrogen-bond acceptors (Lipinski definition) is 3. The van der Waals surface area contributed by atoms with Crippen molar-refractivity contribution in [2.45, 2.75) is 39.8 Å². The van der Waals surface area contributed by atoms with Crippen LogP contribution < -0.4 is 5.32 Å². The van der Waals surface area contributed by atoms with Gasteiger partial charge in [-0.3, -0.25) is 0 Å². The van der Waals surface area contributed by atoms with Gasteiger partial charge in [0.05, 0.1) is 0 Å². The van der Waals surface area contributed by atoms with Crippen LogP contribution in [0.1, 0.15) is 27.7 Å². The van der Waals surface area contributed by atoms with Gasteiger partial charge in [-0.25, -0.2) is 0 Å². The lowest BCUT2D eigenvalue weighted by molar-refractivity contribution is -0.742. The van der Waals surface area contributed by atoms with E-state index >= 15 is 0 Å². The number of nitrogens with one attached hydrogen (secondary N) is 1. The summed E-state index contributed by atoms with van der Waals surface area (Å²) in [5.41, 5.74) is 0. The zero-order valence-electron chi connectivity index (χ0n) is 7.37. The summed E-state index contributed by atoms with van der Waals surface area (Å²) in [5.74, 6) is 0. The average molecular weight is 164 g/mol. The lowest BCUT2D eigenvalue weighted by atomic mass is 10.3. The highest BCUT2D eigenvalue weighted by atomic mass is 16.9. The SMILES string of the molecule is CC(C)NC(C)C.O=[N+]([O-])O. The van der Waals surface area contributed by atoms with Crippen molar-refractivity contribution in [3.8, 4) is 0 Å². The van der Waals surface area contributed by atoms with Gasteiger partial charge in [0.15, 0.2) is 0 Å². The predicted octanol–water partition coefficient (Wildman–Crippen LogP) is 1.05. The van der Waals surface area contributed by atoms with E-state index in [4.69, 9.17) is 15.3 Å². The van der Waals surface area contributed by atoms with Gasteiger partial charge in [-0.05, 0) is 0 Å². The highest BCUT2D eigenvalue weighted by Gasteiger charge is 1.92. The van der Waals surface area contributed by atoms with E-state index in [1.807, 2.05) is 0 Å². The number of nitrogens with zero attached hydrogens (tertiary/aromatic N) is 1. The largest absolute Gasteiger partial charge is 0.328 e. The first kappa shape index (κ1) is 12.8. The fourth-order valence-corrected chi connectivity index (χ4v) is 0.667. The maximum atomic E-state index is 8.36. The van der Waals surface area contributed by atoms with Crippen molar-refractivity contribution in [1.29, 1.82) is 0 Å². The van der Waals surface area contributed by atoms with Gasteiger partial charge in [-0.15, -0.1) is 10.1 Å². The molecule has 0 aliphatic heterocycles. The van der Waals surface area contributed by atoms with Crippen molar-refractivity contribution in [2.75, 3.05) is 0 Å². The third-order valence-corrected chi connectivity index (χ3v) is 0.667. The van der Waals surface area contributed by atoms with Gasteiger partial charge >= 0.3 is 0 Å². The summed E-state index contributed by atoms with van der Waals surface area (Å²) in [7, 11) is 0. The van der Waals surface area contributed by atoms with Crippen LogP contribution in [0.3, 0.4) is 0 Å². The summed E-state index contributed by atoms with van der Waals surface area (Å²) in [6.07, 6.45) is 0. The second-order valence-electron chi connectivity index (χ2n) is 2.71. The Balaban J connectivity index is 0. The molecule has 0 saturated carbocycles. The Bertz CT molecular complexity index is 94.0. The van der Waals surface area contributed by atoms with Crippen molar-refractivity contribution < 1.29 is 10.3 Å². The van der Waals surface area contributed by atoms with Crippen LogP contribution in [0.4, 0.5) is 0 Å². The van der Waals surface area contributed by atoms with E-state index in [9.17, 15) is 0 Å². The summed E-state index contributed by atoms with van der Waals surface area (Å²) in [5, 5.41) is 16.9. The van der Waals surface area contributed by atoms with E-state index in [1.165, 1.54) is 0 Å². The minimum Gasteiger partial charge on any atom is -0.328 e. The first-order valence-electron chi connectivity index (χ1n) is 3.45. The molecule has 0 radical (unpaired) electrons. The number of hydrogen-bond donors (Lipinski definition) is 2. The molecular formula is C6H16N2O3. The van der Waals surface area contributed by atoms with Crippen LogP contribution in [-0.4, -0.2) is 22.4 Å². The van der Waals surface area contributed by atoms with E-state index < -0.39 is 5.09 Å². The molecule has 0 bridgehead atoms. The topological polar surface area (TPSA) is 75.4 Å². The Hall–Kier alpha value is -0.840. The van der Waals surface area contributed by atoms with E-state index in [0.717, 1.165) is 0 Å². The van der Waals surface area contributed by atoms with Crippen LogP contribution in [0.5, 0.6) is 0 Å². The average Bonchev–Trinajstić information content (AvgIpc) is 1.56. The van der Waals surface area contributed by atoms with Crippen LogP contribution in [-0.2, 0) is 0 Å². The lowest BCUT2D eigenvalue weighted by Gasteiger charge is -2.10. The first-order valence-corrected chi connectivity index (χ1v) is 3.45. The summed E-state index contributed by atoms with van der Waals surface area (Å²) in [6, 6.07) is 1.25. The summed E-state index contributed by atoms with van der Waals surface area (Å²) in [6.45, 7) is 8.61. The maximum Gasteiger partial charge on any atom is 0.291 e. The Labute approximate surface area is 66.5 Å². The molecule has 0 aromatic carbocycles. The quantitative estimate of drug-likeness (QED) is 0.472. The van der Waals surface area contributed by atoms with Gasteiger partial charge in [0.25, 0.3) is 5.09 Å². The second kappa shape index (κ2) is 7.27. The molecule has 0 amide bonds. The molecule has 0 unspecified atom stereocenters. The molecule has 5 nitrogen and oxygen atoms in total. The van der Waals surface area contributed by atoms with E-state index in [2.05, 4.69) is 33.0 Å². The Morgan fingerprint density at radius 3 is 1.45 bits per heavy atom. The van der Waals surface area contributed by atoms with Crippen molar-refractivity contribution in [3.63, 3.8) is 0 Å². The first-order chi connectivity index (χ1) is 4.86. The summed E-state index contributed by atoms with van der Waals surface area (Å²) in [4.78, 5) is 8.36. The fourth-order valence-electron chi connectivity index (χ4n) is 0.667. The minimum absolute atomic E-state index is 0.625. The third-order valence-electron chi connectivity index (χ3n) is 0.667. The van der Waals surface area contributed by atoms with Crippen LogP contribution >= 0.6 is 0 Å². The van der Waals surface area contributed by atoms with Gasteiger partial charge in [-0.2, -0.15) is 0 Å². The molecule has 0 rings (SSSR count). The molecule has 0 saturated heterocycles. The summed E-state index contributed by atoms with van der Waals surface area (Å²) < 4.78 is 0. The highest BCUT2D eigenvalue weighted by Crippen LogP contribution is 1.80. The minimum atomic E-state index is -1.50. The monoisotopic (exact) mass is 164 g/mol. The number of rotatable bonds is 2. The molecule has 0 aromatic heterocycles. The highest BCUT2D eigenvalue weighted by molar-refractivity contribution is 4.55. The molecule has 0 aliphatic carbocycles. The van der Waals surface area contributed by atoms with Crippen LogP contribution in [0.25, 0.3) is 0 Å². The summed E-state index contributed by atoms with van der Waals surface area (Å²) >= 11 is 0. The Morgan fingerprint density at radius 1 is 1.27 bits per heavy atom.